The lowest BCUT2D eigenvalue weighted by molar-refractivity contribution is -0.0635. The normalized spacial score (nSPS) is 23.5. The fraction of sp³-hybridized carbons (Fsp3) is 0.667. The van der Waals surface area contributed by atoms with Crippen molar-refractivity contribution >= 4 is 0 Å². The summed E-state index contributed by atoms with van der Waals surface area (Å²) in [7, 11) is 0. The van der Waals surface area contributed by atoms with Crippen LogP contribution in [0.2, 0.25) is 0 Å². The van der Waals surface area contributed by atoms with Gasteiger partial charge in [-0.1, -0.05) is 25.0 Å². The molecule has 122 valence electrons. The zero-order chi connectivity index (χ0) is 15.4. The molecule has 0 amide bonds. The molecule has 3 rings (SSSR count). The second-order valence-electron chi connectivity index (χ2n) is 6.79. The van der Waals surface area contributed by atoms with Crippen molar-refractivity contribution < 1.29 is 14.2 Å². The van der Waals surface area contributed by atoms with Crippen LogP contribution in [-0.2, 0) is 4.74 Å². The van der Waals surface area contributed by atoms with Crippen LogP contribution >= 0.6 is 0 Å². The molecule has 2 N–H and O–H groups in total. The minimum absolute atomic E-state index is 0.197. The first-order valence-corrected chi connectivity index (χ1v) is 8.45. The average Bonchev–Trinajstić information content (AvgIpc) is 3.04. The minimum atomic E-state index is -0.671. The molecular weight excluding hydrogens is 281 g/mol. The highest BCUT2D eigenvalue weighted by Gasteiger charge is 2.33. The quantitative estimate of drug-likeness (QED) is 0.878. The van der Waals surface area contributed by atoms with E-state index in [1.54, 1.807) is 0 Å². The summed E-state index contributed by atoms with van der Waals surface area (Å²) in [5.74, 6) is 0.380. The number of benzene rings is 1. The first kappa shape index (κ1) is 15.9. The third-order valence-electron chi connectivity index (χ3n) is 5.17. The van der Waals surface area contributed by atoms with Crippen molar-refractivity contribution in [2.45, 2.75) is 50.2 Å². The van der Waals surface area contributed by atoms with Gasteiger partial charge >= 0.3 is 0 Å². The van der Waals surface area contributed by atoms with Gasteiger partial charge in [0.25, 0.3) is 0 Å². The predicted molar refractivity (Wildman–Crippen MR) is 84.1 cm³/mol. The molecule has 1 unspecified atom stereocenters. The Morgan fingerprint density at radius 2 is 1.82 bits per heavy atom. The van der Waals surface area contributed by atoms with E-state index in [-0.39, 0.29) is 11.9 Å². The number of hydrogen-bond donors (Lipinski definition) is 2. The van der Waals surface area contributed by atoms with E-state index in [2.05, 4.69) is 5.32 Å². The van der Waals surface area contributed by atoms with Crippen LogP contribution in [0.5, 0.6) is 0 Å². The van der Waals surface area contributed by atoms with Gasteiger partial charge in [-0.05, 0) is 36.5 Å². The van der Waals surface area contributed by atoms with Crippen LogP contribution in [0, 0.1) is 11.7 Å². The van der Waals surface area contributed by atoms with Gasteiger partial charge in [0.2, 0.25) is 0 Å². The van der Waals surface area contributed by atoms with Crippen molar-refractivity contribution in [3.63, 3.8) is 0 Å². The van der Waals surface area contributed by atoms with Gasteiger partial charge in [-0.3, -0.25) is 0 Å². The monoisotopic (exact) mass is 307 g/mol. The second-order valence-corrected chi connectivity index (χ2v) is 6.79. The van der Waals surface area contributed by atoms with Crippen LogP contribution in [0.1, 0.15) is 50.1 Å². The molecule has 1 aromatic carbocycles. The number of ether oxygens (including phenoxy) is 1. The summed E-state index contributed by atoms with van der Waals surface area (Å²) in [5.41, 5.74) is 0.457. The maximum absolute atomic E-state index is 13.2. The molecule has 2 aliphatic rings. The van der Waals surface area contributed by atoms with Gasteiger partial charge in [-0.2, -0.15) is 0 Å². The Balaban J connectivity index is 1.69. The van der Waals surface area contributed by atoms with Gasteiger partial charge < -0.3 is 15.2 Å². The Hall–Kier alpha value is -0.970. The maximum atomic E-state index is 13.2. The first-order valence-electron chi connectivity index (χ1n) is 8.45. The molecular formula is C18H26FNO2. The van der Waals surface area contributed by atoms with Crippen LogP contribution in [-0.4, -0.2) is 30.5 Å². The average molecular weight is 307 g/mol. The number of rotatable bonds is 5. The van der Waals surface area contributed by atoms with E-state index in [1.807, 2.05) is 12.1 Å². The van der Waals surface area contributed by atoms with Crippen LogP contribution in [0.15, 0.2) is 24.3 Å². The molecule has 1 aliphatic heterocycles. The fourth-order valence-electron chi connectivity index (χ4n) is 3.75. The lowest BCUT2D eigenvalue weighted by atomic mass is 9.89. The van der Waals surface area contributed by atoms with E-state index >= 15 is 0 Å². The van der Waals surface area contributed by atoms with Crippen LogP contribution in [0.25, 0.3) is 0 Å². The first-order chi connectivity index (χ1) is 10.7. The predicted octanol–water partition coefficient (Wildman–Crippen LogP) is 3.19. The summed E-state index contributed by atoms with van der Waals surface area (Å²) in [6.45, 7) is 1.83. The molecule has 4 heteroatoms. The summed E-state index contributed by atoms with van der Waals surface area (Å²) >= 11 is 0. The number of aliphatic hydroxyl groups is 1. The molecule has 0 radical (unpaired) electrons. The van der Waals surface area contributed by atoms with E-state index in [1.165, 1.54) is 37.8 Å². The van der Waals surface area contributed by atoms with Crippen molar-refractivity contribution in [3.05, 3.63) is 35.6 Å². The minimum Gasteiger partial charge on any atom is -0.388 e. The van der Waals surface area contributed by atoms with Crippen molar-refractivity contribution in [3.8, 4) is 0 Å². The maximum Gasteiger partial charge on any atom is 0.123 e. The Kier molecular flexibility index (Phi) is 5.11. The van der Waals surface area contributed by atoms with Gasteiger partial charge in [0, 0.05) is 38.6 Å². The summed E-state index contributed by atoms with van der Waals surface area (Å²) in [6, 6.07) is 7.01. The van der Waals surface area contributed by atoms with Crippen molar-refractivity contribution in [1.29, 1.82) is 0 Å². The Morgan fingerprint density at radius 3 is 2.45 bits per heavy atom. The van der Waals surface area contributed by atoms with Gasteiger partial charge in [0.05, 0.1) is 5.60 Å². The smallest absolute Gasteiger partial charge is 0.123 e. The lowest BCUT2D eigenvalue weighted by Crippen LogP contribution is -2.46. The zero-order valence-electron chi connectivity index (χ0n) is 13.1. The fourth-order valence-corrected chi connectivity index (χ4v) is 3.75. The zero-order valence-corrected chi connectivity index (χ0v) is 13.1. The highest BCUT2D eigenvalue weighted by Crippen LogP contribution is 2.36. The number of nitrogens with one attached hydrogen (secondary N) is 1. The van der Waals surface area contributed by atoms with E-state index in [4.69, 9.17) is 4.74 Å². The topological polar surface area (TPSA) is 41.5 Å². The Morgan fingerprint density at radius 1 is 1.18 bits per heavy atom. The van der Waals surface area contributed by atoms with Gasteiger partial charge in [0.1, 0.15) is 5.82 Å². The molecule has 2 fully saturated rings. The van der Waals surface area contributed by atoms with E-state index in [0.717, 1.165) is 5.56 Å². The molecule has 0 spiro atoms. The van der Waals surface area contributed by atoms with Crippen LogP contribution in [0.3, 0.4) is 0 Å². The summed E-state index contributed by atoms with van der Waals surface area (Å²) in [5, 5.41) is 14.2. The standard InChI is InChI=1S/C18H26FNO2/c19-16-7-5-15(6-8-16)17(14-3-1-2-4-14)20-13-18(21)9-11-22-12-10-18/h5-8,14,17,20-21H,1-4,9-13H2. The number of halogens is 1. The van der Waals surface area contributed by atoms with Crippen LogP contribution < -0.4 is 5.32 Å². The molecule has 1 heterocycles. The van der Waals surface area contributed by atoms with Crippen molar-refractivity contribution in [2.24, 2.45) is 5.92 Å². The summed E-state index contributed by atoms with van der Waals surface area (Å²) in [4.78, 5) is 0. The molecule has 0 bridgehead atoms. The van der Waals surface area contributed by atoms with Gasteiger partial charge in [-0.15, -0.1) is 0 Å². The van der Waals surface area contributed by atoms with E-state index in [0.29, 0.717) is 38.5 Å². The molecule has 1 atom stereocenters. The number of hydrogen-bond acceptors (Lipinski definition) is 3. The van der Waals surface area contributed by atoms with Crippen molar-refractivity contribution in [1.82, 2.24) is 5.32 Å². The summed E-state index contributed by atoms with van der Waals surface area (Å²) < 4.78 is 18.5. The molecule has 1 aromatic rings. The lowest BCUT2D eigenvalue weighted by Gasteiger charge is -2.35. The molecule has 0 aromatic heterocycles. The van der Waals surface area contributed by atoms with E-state index < -0.39 is 5.60 Å². The molecule has 3 nitrogen and oxygen atoms in total. The third kappa shape index (κ3) is 3.86. The molecule has 1 saturated heterocycles. The highest BCUT2D eigenvalue weighted by atomic mass is 19.1. The Labute approximate surface area is 131 Å². The van der Waals surface area contributed by atoms with Gasteiger partial charge in [0.15, 0.2) is 0 Å². The molecule has 1 aliphatic carbocycles. The van der Waals surface area contributed by atoms with Crippen LogP contribution in [0.4, 0.5) is 4.39 Å². The largest absolute Gasteiger partial charge is 0.388 e. The molecule has 22 heavy (non-hydrogen) atoms. The van der Waals surface area contributed by atoms with E-state index in [9.17, 15) is 9.50 Å². The highest BCUT2D eigenvalue weighted by molar-refractivity contribution is 5.21. The summed E-state index contributed by atoms with van der Waals surface area (Å²) in [6.07, 6.45) is 6.30. The third-order valence-corrected chi connectivity index (χ3v) is 5.17. The SMILES string of the molecule is OC1(CNC(c2ccc(F)cc2)C2CCCC2)CCOCC1. The van der Waals surface area contributed by atoms with Gasteiger partial charge in [-0.25, -0.2) is 4.39 Å². The second kappa shape index (κ2) is 7.07. The Bertz CT molecular complexity index is 464. The van der Waals surface area contributed by atoms with Crippen molar-refractivity contribution in [2.75, 3.05) is 19.8 Å². The molecule has 1 saturated carbocycles.